The lowest BCUT2D eigenvalue weighted by atomic mass is 10.2. The summed E-state index contributed by atoms with van der Waals surface area (Å²) in [6, 6.07) is 5.85. The van der Waals surface area contributed by atoms with E-state index < -0.39 is 16.7 Å². The van der Waals surface area contributed by atoms with E-state index in [0.29, 0.717) is 11.3 Å². The predicted octanol–water partition coefficient (Wildman–Crippen LogP) is 2.22. The van der Waals surface area contributed by atoms with E-state index in [1.165, 1.54) is 29.5 Å². The molecule has 0 fully saturated rings. The normalized spacial score (nSPS) is 10.0. The van der Waals surface area contributed by atoms with Crippen molar-refractivity contribution in [3.63, 3.8) is 0 Å². The number of carbonyl (C=O) groups is 2. The van der Waals surface area contributed by atoms with Crippen molar-refractivity contribution >= 4 is 34.5 Å². The van der Waals surface area contributed by atoms with E-state index in [-0.39, 0.29) is 12.2 Å². The lowest BCUT2D eigenvalue weighted by molar-refractivity contribution is -0.384. The number of hydrogen-bond donors (Lipinski definition) is 2. The number of thiophene rings is 1. The summed E-state index contributed by atoms with van der Waals surface area (Å²) in [5, 5.41) is 19.3. The van der Waals surface area contributed by atoms with Crippen LogP contribution >= 0.6 is 11.3 Å². The van der Waals surface area contributed by atoms with Crippen molar-refractivity contribution in [3.05, 3.63) is 56.3 Å². The lowest BCUT2D eigenvalue weighted by Gasteiger charge is -2.08. The Morgan fingerprint density at radius 1 is 1.27 bits per heavy atom. The number of aryl methyl sites for hydroxylation is 1. The maximum absolute atomic E-state index is 11.8. The molecule has 8 heteroatoms. The predicted molar refractivity (Wildman–Crippen MR) is 82.6 cm³/mol. The van der Waals surface area contributed by atoms with Crippen molar-refractivity contribution in [3.8, 4) is 0 Å². The molecule has 2 amide bonds. The van der Waals surface area contributed by atoms with Crippen molar-refractivity contribution in [2.75, 3.05) is 5.32 Å². The molecular formula is C14H13N3O4S. The van der Waals surface area contributed by atoms with Gasteiger partial charge in [0.05, 0.1) is 4.92 Å². The second-order valence-corrected chi connectivity index (χ2v) is 5.30. The SMILES string of the molecule is Cc1cc([N+](=O)[O-])ccc1NC(=O)C(=O)NCc1ccsc1. The number of amides is 2. The van der Waals surface area contributed by atoms with Crippen molar-refractivity contribution in [1.82, 2.24) is 5.32 Å². The van der Waals surface area contributed by atoms with Gasteiger partial charge in [0, 0.05) is 24.4 Å². The molecule has 0 unspecified atom stereocenters. The molecule has 0 spiro atoms. The van der Waals surface area contributed by atoms with E-state index in [1.54, 1.807) is 6.92 Å². The Hall–Kier alpha value is -2.74. The summed E-state index contributed by atoms with van der Waals surface area (Å²) in [6.45, 7) is 1.89. The van der Waals surface area contributed by atoms with Crippen molar-refractivity contribution in [1.29, 1.82) is 0 Å². The van der Waals surface area contributed by atoms with Gasteiger partial charge < -0.3 is 10.6 Å². The van der Waals surface area contributed by atoms with Crippen LogP contribution in [-0.2, 0) is 16.1 Å². The second kappa shape index (κ2) is 6.81. The van der Waals surface area contributed by atoms with Gasteiger partial charge in [-0.25, -0.2) is 0 Å². The summed E-state index contributed by atoms with van der Waals surface area (Å²) in [7, 11) is 0. The number of nitro benzene ring substituents is 1. The van der Waals surface area contributed by atoms with Crippen LogP contribution in [0.4, 0.5) is 11.4 Å². The molecule has 1 aromatic heterocycles. The highest BCUT2D eigenvalue weighted by atomic mass is 32.1. The summed E-state index contributed by atoms with van der Waals surface area (Å²) < 4.78 is 0. The standard InChI is InChI=1S/C14H13N3O4S/c1-9-6-11(17(20)21)2-3-12(9)16-14(19)13(18)15-7-10-4-5-22-8-10/h2-6,8H,7H2,1H3,(H,15,18)(H,16,19). The Morgan fingerprint density at radius 3 is 2.64 bits per heavy atom. The summed E-state index contributed by atoms with van der Waals surface area (Å²) in [4.78, 5) is 33.6. The lowest BCUT2D eigenvalue weighted by Crippen LogP contribution is -2.35. The molecule has 0 saturated heterocycles. The fraction of sp³-hybridized carbons (Fsp3) is 0.143. The quantitative estimate of drug-likeness (QED) is 0.512. The minimum atomic E-state index is -0.813. The Kier molecular flexibility index (Phi) is 4.84. The molecule has 0 aliphatic carbocycles. The molecule has 114 valence electrons. The van der Waals surface area contributed by atoms with Crippen LogP contribution in [0, 0.1) is 17.0 Å². The van der Waals surface area contributed by atoms with E-state index in [0.717, 1.165) is 5.56 Å². The van der Waals surface area contributed by atoms with Crippen LogP contribution in [0.3, 0.4) is 0 Å². The highest BCUT2D eigenvalue weighted by Gasteiger charge is 2.15. The van der Waals surface area contributed by atoms with Crippen LogP contribution in [0.1, 0.15) is 11.1 Å². The maximum Gasteiger partial charge on any atom is 0.313 e. The molecule has 0 aliphatic heterocycles. The van der Waals surface area contributed by atoms with Gasteiger partial charge in [0.15, 0.2) is 0 Å². The number of hydrogen-bond acceptors (Lipinski definition) is 5. The molecular weight excluding hydrogens is 306 g/mol. The third-order valence-electron chi connectivity index (χ3n) is 2.91. The fourth-order valence-corrected chi connectivity index (χ4v) is 2.41. The van der Waals surface area contributed by atoms with E-state index >= 15 is 0 Å². The summed E-state index contributed by atoms with van der Waals surface area (Å²) in [5.74, 6) is -1.57. The molecule has 2 aromatic rings. The highest BCUT2D eigenvalue weighted by Crippen LogP contribution is 2.21. The maximum atomic E-state index is 11.8. The van der Waals surface area contributed by atoms with Gasteiger partial charge in [-0.1, -0.05) is 0 Å². The van der Waals surface area contributed by atoms with E-state index in [4.69, 9.17) is 0 Å². The van der Waals surface area contributed by atoms with Gasteiger partial charge in [-0.3, -0.25) is 19.7 Å². The van der Waals surface area contributed by atoms with Crippen molar-refractivity contribution < 1.29 is 14.5 Å². The number of benzene rings is 1. The number of nitrogens with one attached hydrogen (secondary N) is 2. The zero-order valence-electron chi connectivity index (χ0n) is 11.7. The summed E-state index contributed by atoms with van der Waals surface area (Å²) >= 11 is 1.50. The molecule has 7 nitrogen and oxygen atoms in total. The van der Waals surface area contributed by atoms with Crippen LogP contribution in [0.15, 0.2) is 35.0 Å². The molecule has 2 N–H and O–H groups in total. The molecule has 1 heterocycles. The zero-order chi connectivity index (χ0) is 16.1. The first-order valence-electron chi connectivity index (χ1n) is 6.32. The number of non-ortho nitro benzene ring substituents is 1. The molecule has 1 aromatic carbocycles. The average Bonchev–Trinajstić information content (AvgIpc) is 2.99. The molecule has 0 radical (unpaired) electrons. The topological polar surface area (TPSA) is 101 Å². The minimum Gasteiger partial charge on any atom is -0.344 e. The Bertz CT molecular complexity index is 713. The average molecular weight is 319 g/mol. The van der Waals surface area contributed by atoms with Crippen LogP contribution < -0.4 is 10.6 Å². The van der Waals surface area contributed by atoms with Crippen molar-refractivity contribution in [2.45, 2.75) is 13.5 Å². The van der Waals surface area contributed by atoms with Crippen LogP contribution in [-0.4, -0.2) is 16.7 Å². The molecule has 0 aliphatic rings. The molecule has 2 rings (SSSR count). The van der Waals surface area contributed by atoms with Gasteiger partial charge in [-0.05, 0) is 40.9 Å². The Labute approximate surface area is 130 Å². The van der Waals surface area contributed by atoms with Gasteiger partial charge in [0.1, 0.15) is 0 Å². The first-order valence-corrected chi connectivity index (χ1v) is 7.27. The molecule has 0 saturated carbocycles. The minimum absolute atomic E-state index is 0.0718. The van der Waals surface area contributed by atoms with Gasteiger partial charge in [0.25, 0.3) is 5.69 Å². The number of anilines is 1. The third-order valence-corrected chi connectivity index (χ3v) is 3.64. The fourth-order valence-electron chi connectivity index (χ4n) is 1.74. The van der Waals surface area contributed by atoms with E-state index in [2.05, 4.69) is 10.6 Å². The monoisotopic (exact) mass is 319 g/mol. The number of rotatable bonds is 4. The van der Waals surface area contributed by atoms with Gasteiger partial charge in [-0.15, -0.1) is 0 Å². The number of nitro groups is 1. The number of carbonyl (C=O) groups excluding carboxylic acids is 2. The highest BCUT2D eigenvalue weighted by molar-refractivity contribution is 7.07. The summed E-state index contributed by atoms with van der Waals surface area (Å²) in [5.41, 5.74) is 1.71. The summed E-state index contributed by atoms with van der Waals surface area (Å²) in [6.07, 6.45) is 0. The molecule has 22 heavy (non-hydrogen) atoms. The van der Waals surface area contributed by atoms with E-state index in [1.807, 2.05) is 16.8 Å². The van der Waals surface area contributed by atoms with Gasteiger partial charge in [-0.2, -0.15) is 11.3 Å². The first-order chi connectivity index (χ1) is 10.5. The van der Waals surface area contributed by atoms with Crippen molar-refractivity contribution in [2.24, 2.45) is 0 Å². The molecule has 0 bridgehead atoms. The Balaban J connectivity index is 1.96. The van der Waals surface area contributed by atoms with Crippen LogP contribution in [0.5, 0.6) is 0 Å². The zero-order valence-corrected chi connectivity index (χ0v) is 12.5. The third kappa shape index (κ3) is 3.89. The number of nitrogens with zero attached hydrogens (tertiary/aromatic N) is 1. The smallest absolute Gasteiger partial charge is 0.313 e. The molecule has 0 atom stereocenters. The second-order valence-electron chi connectivity index (χ2n) is 4.52. The van der Waals surface area contributed by atoms with Crippen LogP contribution in [0.25, 0.3) is 0 Å². The van der Waals surface area contributed by atoms with Gasteiger partial charge in [0.2, 0.25) is 0 Å². The first kappa shape index (κ1) is 15.6. The van der Waals surface area contributed by atoms with Gasteiger partial charge >= 0.3 is 11.8 Å². The van der Waals surface area contributed by atoms with E-state index in [9.17, 15) is 19.7 Å². The largest absolute Gasteiger partial charge is 0.344 e. The Morgan fingerprint density at radius 2 is 2.05 bits per heavy atom. The van der Waals surface area contributed by atoms with Crippen LogP contribution in [0.2, 0.25) is 0 Å².